The molecule has 2 aromatic rings. The van der Waals surface area contributed by atoms with Gasteiger partial charge in [0.1, 0.15) is 5.82 Å². The third-order valence-corrected chi connectivity index (χ3v) is 4.49. The van der Waals surface area contributed by atoms with Gasteiger partial charge in [0.05, 0.1) is 11.7 Å². The standard InChI is InChI=1S/C18H22N4O2/c1-11-9-14(11)16(13-7-5-4-6-8-13)20-18(24)17(23)19-15-10-12(2)21-22(15)3/h4-8,10-11,14,16H,9H2,1-3H3,(H,19,23)(H,20,24)/t11-,14-,16+/m0/s1. The van der Waals surface area contributed by atoms with Gasteiger partial charge in [0.25, 0.3) is 0 Å². The van der Waals surface area contributed by atoms with Gasteiger partial charge >= 0.3 is 11.8 Å². The van der Waals surface area contributed by atoms with Gasteiger partial charge in [-0.05, 0) is 30.7 Å². The number of nitrogens with zero attached hydrogens (tertiary/aromatic N) is 2. The summed E-state index contributed by atoms with van der Waals surface area (Å²) in [6.45, 7) is 3.99. The van der Waals surface area contributed by atoms with E-state index in [9.17, 15) is 9.59 Å². The second-order valence-corrected chi connectivity index (χ2v) is 6.49. The molecule has 1 aromatic heterocycles. The fourth-order valence-corrected chi connectivity index (χ4v) is 3.02. The van der Waals surface area contributed by atoms with Crippen LogP contribution >= 0.6 is 0 Å². The van der Waals surface area contributed by atoms with Crippen molar-refractivity contribution in [1.82, 2.24) is 15.1 Å². The first-order valence-electron chi connectivity index (χ1n) is 8.13. The minimum atomic E-state index is -0.674. The molecule has 1 aromatic carbocycles. The molecule has 0 radical (unpaired) electrons. The first-order chi connectivity index (χ1) is 11.5. The van der Waals surface area contributed by atoms with Crippen molar-refractivity contribution in [3.05, 3.63) is 47.7 Å². The number of benzene rings is 1. The number of carbonyl (C=O) groups is 2. The van der Waals surface area contributed by atoms with E-state index in [-0.39, 0.29) is 6.04 Å². The van der Waals surface area contributed by atoms with E-state index in [4.69, 9.17) is 0 Å². The van der Waals surface area contributed by atoms with E-state index in [1.807, 2.05) is 37.3 Å². The van der Waals surface area contributed by atoms with Crippen molar-refractivity contribution >= 4 is 17.6 Å². The molecule has 0 saturated heterocycles. The maximum Gasteiger partial charge on any atom is 0.314 e. The molecule has 3 rings (SSSR count). The summed E-state index contributed by atoms with van der Waals surface area (Å²) in [5.74, 6) is 0.138. The number of hydrogen-bond donors (Lipinski definition) is 2. The van der Waals surface area contributed by atoms with E-state index in [2.05, 4.69) is 22.7 Å². The van der Waals surface area contributed by atoms with Crippen LogP contribution in [0.3, 0.4) is 0 Å². The highest BCUT2D eigenvalue weighted by Crippen LogP contribution is 2.46. The molecule has 0 unspecified atom stereocenters. The summed E-state index contributed by atoms with van der Waals surface area (Å²) in [6, 6.07) is 11.4. The maximum absolute atomic E-state index is 12.3. The predicted molar refractivity (Wildman–Crippen MR) is 91.2 cm³/mol. The van der Waals surface area contributed by atoms with Gasteiger partial charge in [-0.15, -0.1) is 0 Å². The average molecular weight is 326 g/mol. The third kappa shape index (κ3) is 3.48. The Kier molecular flexibility index (Phi) is 4.38. The van der Waals surface area contributed by atoms with Crippen LogP contribution in [0.2, 0.25) is 0 Å². The molecule has 0 spiro atoms. The summed E-state index contributed by atoms with van der Waals surface area (Å²) >= 11 is 0. The van der Waals surface area contributed by atoms with Crippen molar-refractivity contribution in [2.24, 2.45) is 18.9 Å². The molecule has 1 aliphatic rings. The van der Waals surface area contributed by atoms with Crippen molar-refractivity contribution in [1.29, 1.82) is 0 Å². The van der Waals surface area contributed by atoms with Gasteiger partial charge in [-0.25, -0.2) is 0 Å². The quantitative estimate of drug-likeness (QED) is 0.846. The molecule has 0 bridgehead atoms. The summed E-state index contributed by atoms with van der Waals surface area (Å²) in [7, 11) is 1.72. The van der Waals surface area contributed by atoms with Gasteiger partial charge in [-0.1, -0.05) is 37.3 Å². The monoisotopic (exact) mass is 326 g/mol. The topological polar surface area (TPSA) is 76.0 Å². The molecule has 1 fully saturated rings. The van der Waals surface area contributed by atoms with E-state index in [1.165, 1.54) is 4.68 Å². The van der Waals surface area contributed by atoms with Crippen molar-refractivity contribution in [3.63, 3.8) is 0 Å². The lowest BCUT2D eigenvalue weighted by molar-refractivity contribution is -0.136. The van der Waals surface area contributed by atoms with Crippen LogP contribution < -0.4 is 10.6 Å². The molecular formula is C18H22N4O2. The van der Waals surface area contributed by atoms with Crippen LogP contribution in [-0.2, 0) is 16.6 Å². The number of aromatic nitrogens is 2. The Labute approximate surface area is 141 Å². The second kappa shape index (κ2) is 6.47. The van der Waals surface area contributed by atoms with Gasteiger partial charge in [0.15, 0.2) is 0 Å². The Balaban J connectivity index is 1.69. The van der Waals surface area contributed by atoms with E-state index in [0.29, 0.717) is 17.7 Å². The highest BCUT2D eigenvalue weighted by Gasteiger charge is 2.41. The van der Waals surface area contributed by atoms with Gasteiger partial charge in [0, 0.05) is 13.1 Å². The molecule has 0 aliphatic heterocycles. The molecule has 1 heterocycles. The lowest BCUT2D eigenvalue weighted by Gasteiger charge is -2.19. The summed E-state index contributed by atoms with van der Waals surface area (Å²) in [5.41, 5.74) is 1.81. The molecular weight excluding hydrogens is 304 g/mol. The molecule has 6 heteroatoms. The van der Waals surface area contributed by atoms with Gasteiger partial charge in [-0.2, -0.15) is 5.10 Å². The van der Waals surface area contributed by atoms with Crippen LogP contribution in [0.5, 0.6) is 0 Å². The number of aryl methyl sites for hydroxylation is 2. The number of nitrogens with one attached hydrogen (secondary N) is 2. The Morgan fingerprint density at radius 2 is 1.92 bits per heavy atom. The molecule has 126 valence electrons. The fraction of sp³-hybridized carbons (Fsp3) is 0.389. The second-order valence-electron chi connectivity index (χ2n) is 6.49. The minimum absolute atomic E-state index is 0.132. The van der Waals surface area contributed by atoms with Crippen LogP contribution in [0.1, 0.15) is 30.6 Å². The Morgan fingerprint density at radius 3 is 2.46 bits per heavy atom. The Bertz CT molecular complexity index is 754. The highest BCUT2D eigenvalue weighted by atomic mass is 16.2. The minimum Gasteiger partial charge on any atom is -0.341 e. The fourth-order valence-electron chi connectivity index (χ4n) is 3.02. The van der Waals surface area contributed by atoms with E-state index >= 15 is 0 Å². The van der Waals surface area contributed by atoms with Crippen LogP contribution in [0.4, 0.5) is 5.82 Å². The highest BCUT2D eigenvalue weighted by molar-refractivity contribution is 6.39. The summed E-state index contributed by atoms with van der Waals surface area (Å²) in [4.78, 5) is 24.5. The molecule has 24 heavy (non-hydrogen) atoms. The first-order valence-corrected chi connectivity index (χ1v) is 8.13. The number of rotatable bonds is 4. The third-order valence-electron chi connectivity index (χ3n) is 4.49. The zero-order chi connectivity index (χ0) is 17.3. The lowest BCUT2D eigenvalue weighted by atomic mass is 10.0. The van der Waals surface area contributed by atoms with Gasteiger partial charge in [0.2, 0.25) is 0 Å². The molecule has 2 N–H and O–H groups in total. The molecule has 1 aliphatic carbocycles. The number of amides is 2. The predicted octanol–water partition coefficient (Wildman–Crippen LogP) is 2.18. The maximum atomic E-state index is 12.3. The summed E-state index contributed by atoms with van der Waals surface area (Å²) in [5, 5.41) is 9.65. The van der Waals surface area contributed by atoms with E-state index < -0.39 is 11.8 Å². The largest absolute Gasteiger partial charge is 0.341 e. The van der Waals surface area contributed by atoms with Crippen LogP contribution in [0, 0.1) is 18.8 Å². The van der Waals surface area contributed by atoms with Crippen molar-refractivity contribution in [3.8, 4) is 0 Å². The van der Waals surface area contributed by atoms with Crippen LogP contribution in [0.25, 0.3) is 0 Å². The van der Waals surface area contributed by atoms with Crippen molar-refractivity contribution < 1.29 is 9.59 Å². The number of carbonyl (C=O) groups excluding carboxylic acids is 2. The first kappa shape index (κ1) is 16.2. The van der Waals surface area contributed by atoms with Crippen molar-refractivity contribution in [2.45, 2.75) is 26.3 Å². The van der Waals surface area contributed by atoms with Crippen LogP contribution in [0.15, 0.2) is 36.4 Å². The zero-order valence-corrected chi connectivity index (χ0v) is 14.1. The summed E-state index contributed by atoms with van der Waals surface area (Å²) in [6.07, 6.45) is 1.06. The smallest absolute Gasteiger partial charge is 0.314 e. The molecule has 3 atom stereocenters. The molecule has 6 nitrogen and oxygen atoms in total. The van der Waals surface area contributed by atoms with Gasteiger partial charge < -0.3 is 10.6 Å². The van der Waals surface area contributed by atoms with Crippen LogP contribution in [-0.4, -0.2) is 21.6 Å². The zero-order valence-electron chi connectivity index (χ0n) is 14.1. The Hall–Kier alpha value is -2.63. The number of hydrogen-bond acceptors (Lipinski definition) is 3. The Morgan fingerprint density at radius 1 is 1.25 bits per heavy atom. The summed E-state index contributed by atoms with van der Waals surface area (Å²) < 4.78 is 1.54. The van der Waals surface area contributed by atoms with E-state index in [1.54, 1.807) is 13.1 Å². The lowest BCUT2D eigenvalue weighted by Crippen LogP contribution is -2.39. The van der Waals surface area contributed by atoms with Gasteiger partial charge in [-0.3, -0.25) is 14.3 Å². The average Bonchev–Trinajstić information content (AvgIpc) is 3.19. The normalized spacial score (nSPS) is 20.3. The number of anilines is 1. The molecule has 2 amide bonds. The SMILES string of the molecule is Cc1cc(NC(=O)C(=O)N[C@H](c2ccccc2)[C@H]2C[C@@H]2C)n(C)n1. The van der Waals surface area contributed by atoms with Crippen molar-refractivity contribution in [2.75, 3.05) is 5.32 Å². The molecule has 1 saturated carbocycles. The van der Waals surface area contributed by atoms with E-state index in [0.717, 1.165) is 17.7 Å².